The first-order chi connectivity index (χ1) is 8.35. The lowest BCUT2D eigenvalue weighted by molar-refractivity contribution is 0.0803. The van der Waals surface area contributed by atoms with Crippen LogP contribution in [0, 0.1) is 12.3 Å². The predicted molar refractivity (Wildman–Crippen MR) is 74.2 cm³/mol. The maximum atomic E-state index is 12.5. The molecule has 0 saturated carbocycles. The molecular weight excluding hydrogens is 224 g/mol. The van der Waals surface area contributed by atoms with E-state index in [4.69, 9.17) is 0 Å². The molecule has 18 heavy (non-hydrogen) atoms. The van der Waals surface area contributed by atoms with E-state index in [9.17, 15) is 9.59 Å². The molecule has 0 heterocycles. The van der Waals surface area contributed by atoms with Crippen molar-refractivity contribution in [2.45, 2.75) is 47.5 Å². The summed E-state index contributed by atoms with van der Waals surface area (Å²) in [5.41, 5.74) is 1.89. The molecule has 0 N–H and O–H groups in total. The van der Waals surface area contributed by atoms with Crippen molar-refractivity contribution in [1.29, 1.82) is 0 Å². The molecule has 2 nitrogen and oxygen atoms in total. The molecule has 98 valence electrons. The predicted octanol–water partition coefficient (Wildman–Crippen LogP) is 4.21. The van der Waals surface area contributed by atoms with Crippen LogP contribution in [0.4, 0.5) is 0 Å². The molecule has 0 aromatic heterocycles. The van der Waals surface area contributed by atoms with Crippen LogP contribution in [-0.2, 0) is 0 Å². The van der Waals surface area contributed by atoms with Crippen LogP contribution in [0.5, 0.6) is 0 Å². The van der Waals surface area contributed by atoms with Crippen LogP contribution in [0.2, 0.25) is 0 Å². The zero-order chi connectivity index (χ0) is 13.9. The molecule has 1 aromatic carbocycles. The number of Topliss-reactive ketones (excluding diaryl/α,β-unsaturated/α-hetero) is 2. The van der Waals surface area contributed by atoms with E-state index >= 15 is 0 Å². The summed E-state index contributed by atoms with van der Waals surface area (Å²) in [6.07, 6.45) is 1.62. The van der Waals surface area contributed by atoms with E-state index in [1.165, 1.54) is 6.92 Å². The molecule has 0 saturated heterocycles. The summed E-state index contributed by atoms with van der Waals surface area (Å²) in [7, 11) is 0. The second kappa shape index (κ2) is 5.47. The van der Waals surface area contributed by atoms with E-state index in [1.54, 1.807) is 6.07 Å². The zero-order valence-corrected chi connectivity index (χ0v) is 12.0. The lowest BCUT2D eigenvalue weighted by Gasteiger charge is -2.25. The van der Waals surface area contributed by atoms with E-state index in [0.717, 1.165) is 18.4 Å². The third kappa shape index (κ3) is 2.69. The van der Waals surface area contributed by atoms with Gasteiger partial charge >= 0.3 is 0 Å². The Balaban J connectivity index is 3.23. The van der Waals surface area contributed by atoms with E-state index in [-0.39, 0.29) is 17.0 Å². The van der Waals surface area contributed by atoms with Gasteiger partial charge in [-0.3, -0.25) is 9.59 Å². The molecular formula is C16H22O2. The van der Waals surface area contributed by atoms with Crippen LogP contribution in [0.15, 0.2) is 18.2 Å². The number of ketones is 2. The number of hydrogen-bond donors (Lipinski definition) is 0. The summed E-state index contributed by atoms with van der Waals surface area (Å²) < 4.78 is 0. The Morgan fingerprint density at radius 2 is 1.72 bits per heavy atom. The molecule has 0 amide bonds. The third-order valence-electron chi connectivity index (χ3n) is 3.99. The second-order valence-electron chi connectivity index (χ2n) is 5.18. The average Bonchev–Trinajstić information content (AvgIpc) is 2.37. The molecule has 0 bridgehead atoms. The van der Waals surface area contributed by atoms with Crippen molar-refractivity contribution < 1.29 is 9.59 Å². The minimum Gasteiger partial charge on any atom is -0.295 e. The SMILES string of the molecule is CCC(C)(CC)C(=O)c1ccc(C)c(C(C)=O)c1. The molecule has 0 atom stereocenters. The van der Waals surface area contributed by atoms with Crippen molar-refractivity contribution in [2.24, 2.45) is 5.41 Å². The fourth-order valence-corrected chi connectivity index (χ4v) is 2.06. The number of rotatable bonds is 5. The summed E-state index contributed by atoms with van der Waals surface area (Å²) in [5.74, 6) is 0.145. The number of hydrogen-bond acceptors (Lipinski definition) is 2. The zero-order valence-electron chi connectivity index (χ0n) is 12.0. The van der Waals surface area contributed by atoms with Crippen molar-refractivity contribution in [3.05, 3.63) is 34.9 Å². The summed E-state index contributed by atoms with van der Waals surface area (Å²) >= 11 is 0. The summed E-state index contributed by atoms with van der Waals surface area (Å²) in [4.78, 5) is 24.0. The first kappa shape index (κ1) is 14.6. The maximum absolute atomic E-state index is 12.5. The van der Waals surface area contributed by atoms with Gasteiger partial charge in [0, 0.05) is 16.5 Å². The van der Waals surface area contributed by atoms with Crippen LogP contribution < -0.4 is 0 Å². The first-order valence-electron chi connectivity index (χ1n) is 6.52. The van der Waals surface area contributed by atoms with Crippen LogP contribution in [0.3, 0.4) is 0 Å². The minimum absolute atomic E-state index is 0.0110. The molecule has 0 aliphatic rings. The topological polar surface area (TPSA) is 34.1 Å². The fourth-order valence-electron chi connectivity index (χ4n) is 2.06. The largest absolute Gasteiger partial charge is 0.295 e. The fraction of sp³-hybridized carbons (Fsp3) is 0.500. The quantitative estimate of drug-likeness (QED) is 0.729. The molecule has 0 aliphatic heterocycles. The lowest BCUT2D eigenvalue weighted by atomic mass is 9.77. The monoisotopic (exact) mass is 246 g/mol. The Labute approximate surface area is 109 Å². The van der Waals surface area contributed by atoms with Gasteiger partial charge in [0.05, 0.1) is 0 Å². The highest BCUT2D eigenvalue weighted by Crippen LogP contribution is 2.30. The first-order valence-corrected chi connectivity index (χ1v) is 6.52. The molecule has 1 rings (SSSR count). The third-order valence-corrected chi connectivity index (χ3v) is 3.99. The second-order valence-corrected chi connectivity index (χ2v) is 5.18. The van der Waals surface area contributed by atoms with Gasteiger partial charge in [0.15, 0.2) is 11.6 Å². The van der Waals surface area contributed by atoms with Gasteiger partial charge in [0.1, 0.15) is 0 Å². The standard InChI is InChI=1S/C16H22O2/c1-6-16(5,7-2)15(18)13-9-8-11(3)14(10-13)12(4)17/h8-10H,6-7H2,1-5H3. The number of benzene rings is 1. The molecule has 0 spiro atoms. The summed E-state index contributed by atoms with van der Waals surface area (Å²) in [5, 5.41) is 0. The Bertz CT molecular complexity index is 468. The van der Waals surface area contributed by atoms with Crippen LogP contribution >= 0.6 is 0 Å². The van der Waals surface area contributed by atoms with E-state index in [1.807, 2.05) is 39.8 Å². The minimum atomic E-state index is -0.330. The van der Waals surface area contributed by atoms with Crippen molar-refractivity contribution >= 4 is 11.6 Å². The molecule has 0 radical (unpaired) electrons. The van der Waals surface area contributed by atoms with Crippen molar-refractivity contribution in [1.82, 2.24) is 0 Å². The van der Waals surface area contributed by atoms with Gasteiger partial charge < -0.3 is 0 Å². The Morgan fingerprint density at radius 1 is 1.17 bits per heavy atom. The van der Waals surface area contributed by atoms with Crippen LogP contribution in [-0.4, -0.2) is 11.6 Å². The number of carbonyl (C=O) groups excluding carboxylic acids is 2. The van der Waals surface area contributed by atoms with Gasteiger partial charge in [-0.1, -0.05) is 32.9 Å². The van der Waals surface area contributed by atoms with Gasteiger partial charge in [-0.25, -0.2) is 0 Å². The average molecular weight is 246 g/mol. The normalized spacial score (nSPS) is 11.4. The number of carbonyl (C=O) groups is 2. The number of aryl methyl sites for hydroxylation is 1. The van der Waals surface area contributed by atoms with Crippen LogP contribution in [0.25, 0.3) is 0 Å². The van der Waals surface area contributed by atoms with Gasteiger partial charge in [-0.2, -0.15) is 0 Å². The summed E-state index contributed by atoms with van der Waals surface area (Å²) in [6.45, 7) is 9.48. The Kier molecular flexibility index (Phi) is 4.44. The Morgan fingerprint density at radius 3 is 2.17 bits per heavy atom. The van der Waals surface area contributed by atoms with E-state index < -0.39 is 0 Å². The van der Waals surface area contributed by atoms with E-state index in [0.29, 0.717) is 11.1 Å². The molecule has 0 unspecified atom stereocenters. The van der Waals surface area contributed by atoms with Crippen LogP contribution in [0.1, 0.15) is 66.8 Å². The summed E-state index contributed by atoms with van der Waals surface area (Å²) in [6, 6.07) is 5.42. The van der Waals surface area contributed by atoms with Gasteiger partial charge in [-0.15, -0.1) is 0 Å². The molecule has 1 aromatic rings. The highest BCUT2D eigenvalue weighted by molar-refractivity contribution is 6.03. The van der Waals surface area contributed by atoms with Crippen molar-refractivity contribution in [3.63, 3.8) is 0 Å². The Hall–Kier alpha value is -1.44. The van der Waals surface area contributed by atoms with Crippen molar-refractivity contribution in [3.8, 4) is 0 Å². The van der Waals surface area contributed by atoms with Crippen molar-refractivity contribution in [2.75, 3.05) is 0 Å². The molecule has 2 heteroatoms. The highest BCUT2D eigenvalue weighted by atomic mass is 16.1. The smallest absolute Gasteiger partial charge is 0.168 e. The van der Waals surface area contributed by atoms with Gasteiger partial charge in [-0.05, 0) is 38.3 Å². The lowest BCUT2D eigenvalue weighted by Crippen LogP contribution is -2.26. The van der Waals surface area contributed by atoms with Gasteiger partial charge in [0.25, 0.3) is 0 Å². The maximum Gasteiger partial charge on any atom is 0.168 e. The molecule has 0 fully saturated rings. The highest BCUT2D eigenvalue weighted by Gasteiger charge is 2.30. The van der Waals surface area contributed by atoms with E-state index in [2.05, 4.69) is 0 Å². The molecule has 0 aliphatic carbocycles. The van der Waals surface area contributed by atoms with Gasteiger partial charge in [0.2, 0.25) is 0 Å².